The number of hydrogen-bond acceptors (Lipinski definition) is 6. The number of likely N-dealkylation sites (tertiary alicyclic amines) is 1. The van der Waals surface area contributed by atoms with E-state index < -0.39 is 0 Å². The second-order valence-electron chi connectivity index (χ2n) is 7.26. The van der Waals surface area contributed by atoms with Gasteiger partial charge in [-0.25, -0.2) is 4.98 Å². The standard InChI is InChI=1S/C17H28N4O2S/c1-14-18-15(11-24-14)9-20-6-4-5-17(12-20)13-21(7-8-23-17)16(22)10-19(2)3/h11H,4-10,12-13H2,1-3H3. The number of piperidine rings is 1. The molecule has 2 saturated heterocycles. The van der Waals surface area contributed by atoms with Crippen molar-refractivity contribution in [1.29, 1.82) is 0 Å². The summed E-state index contributed by atoms with van der Waals surface area (Å²) in [7, 11) is 3.87. The van der Waals surface area contributed by atoms with Gasteiger partial charge in [0, 0.05) is 25.0 Å². The molecule has 24 heavy (non-hydrogen) atoms. The lowest BCUT2D eigenvalue weighted by Gasteiger charge is -2.48. The maximum atomic E-state index is 12.4. The van der Waals surface area contributed by atoms with Crippen LogP contribution in [0.5, 0.6) is 0 Å². The van der Waals surface area contributed by atoms with Gasteiger partial charge in [0.1, 0.15) is 0 Å². The first-order chi connectivity index (χ1) is 11.5. The molecule has 0 aliphatic carbocycles. The van der Waals surface area contributed by atoms with Gasteiger partial charge in [0.15, 0.2) is 0 Å². The predicted octanol–water partition coefficient (Wildman–Crippen LogP) is 1.21. The Bertz CT molecular complexity index is 573. The molecule has 1 unspecified atom stereocenters. The van der Waals surface area contributed by atoms with Gasteiger partial charge in [-0.1, -0.05) is 0 Å². The summed E-state index contributed by atoms with van der Waals surface area (Å²) in [5.41, 5.74) is 0.940. The molecule has 2 aliphatic heterocycles. The lowest BCUT2D eigenvalue weighted by atomic mass is 9.90. The summed E-state index contributed by atoms with van der Waals surface area (Å²) in [6, 6.07) is 0. The molecule has 1 spiro atoms. The van der Waals surface area contributed by atoms with Crippen LogP contribution < -0.4 is 0 Å². The third kappa shape index (κ3) is 4.33. The van der Waals surface area contributed by atoms with Crippen LogP contribution >= 0.6 is 11.3 Å². The summed E-state index contributed by atoms with van der Waals surface area (Å²) in [4.78, 5) is 23.3. The highest BCUT2D eigenvalue weighted by atomic mass is 32.1. The monoisotopic (exact) mass is 352 g/mol. The van der Waals surface area contributed by atoms with Gasteiger partial charge < -0.3 is 14.5 Å². The Morgan fingerprint density at radius 3 is 2.96 bits per heavy atom. The number of likely N-dealkylation sites (N-methyl/N-ethyl adjacent to an activating group) is 1. The number of thiazole rings is 1. The quantitative estimate of drug-likeness (QED) is 0.815. The zero-order valence-corrected chi connectivity index (χ0v) is 15.8. The zero-order chi connectivity index (χ0) is 17.2. The molecule has 0 aromatic carbocycles. The van der Waals surface area contributed by atoms with Crippen LogP contribution in [0.15, 0.2) is 5.38 Å². The van der Waals surface area contributed by atoms with Crippen molar-refractivity contribution in [1.82, 2.24) is 19.7 Å². The smallest absolute Gasteiger partial charge is 0.236 e. The van der Waals surface area contributed by atoms with Crippen molar-refractivity contribution < 1.29 is 9.53 Å². The summed E-state index contributed by atoms with van der Waals surface area (Å²) in [5.74, 6) is 0.204. The van der Waals surface area contributed by atoms with E-state index in [-0.39, 0.29) is 11.5 Å². The first-order valence-electron chi connectivity index (χ1n) is 8.66. The van der Waals surface area contributed by atoms with Crippen molar-refractivity contribution in [2.45, 2.75) is 31.9 Å². The lowest BCUT2D eigenvalue weighted by Crippen LogP contribution is -2.61. The summed E-state index contributed by atoms with van der Waals surface area (Å²) >= 11 is 1.70. The molecule has 1 amide bonds. The van der Waals surface area contributed by atoms with Gasteiger partial charge in [0.05, 0.1) is 36.0 Å². The molecule has 0 N–H and O–H groups in total. The fourth-order valence-electron chi connectivity index (χ4n) is 3.71. The third-order valence-corrected chi connectivity index (χ3v) is 5.55. The minimum absolute atomic E-state index is 0.204. The Hall–Kier alpha value is -1.02. The van der Waals surface area contributed by atoms with Crippen molar-refractivity contribution in [3.63, 3.8) is 0 Å². The highest BCUT2D eigenvalue weighted by Gasteiger charge is 2.41. The zero-order valence-electron chi connectivity index (χ0n) is 15.0. The highest BCUT2D eigenvalue weighted by molar-refractivity contribution is 7.09. The minimum Gasteiger partial charge on any atom is -0.370 e. The van der Waals surface area contributed by atoms with Crippen molar-refractivity contribution in [2.75, 3.05) is 53.4 Å². The maximum Gasteiger partial charge on any atom is 0.236 e. The number of ether oxygens (including phenoxy) is 1. The van der Waals surface area contributed by atoms with Crippen LogP contribution in [0, 0.1) is 6.92 Å². The summed E-state index contributed by atoms with van der Waals surface area (Å²) in [5, 5.41) is 3.26. The van der Waals surface area contributed by atoms with E-state index in [1.165, 1.54) is 0 Å². The van der Waals surface area contributed by atoms with E-state index in [4.69, 9.17) is 4.74 Å². The van der Waals surface area contributed by atoms with E-state index in [1.54, 1.807) is 11.3 Å². The van der Waals surface area contributed by atoms with E-state index in [1.807, 2.05) is 30.8 Å². The number of aromatic nitrogens is 1. The normalized spacial score (nSPS) is 25.6. The molecule has 1 aromatic rings. The molecular formula is C17H28N4O2S. The molecule has 1 aromatic heterocycles. The molecule has 1 atom stereocenters. The van der Waals surface area contributed by atoms with Crippen LogP contribution in [0.25, 0.3) is 0 Å². The van der Waals surface area contributed by atoms with Crippen molar-refractivity contribution in [2.24, 2.45) is 0 Å². The predicted molar refractivity (Wildman–Crippen MR) is 95.2 cm³/mol. The SMILES string of the molecule is Cc1nc(CN2CCCC3(C2)CN(C(=O)CN(C)C)CCO3)cs1. The van der Waals surface area contributed by atoms with E-state index in [2.05, 4.69) is 15.3 Å². The first-order valence-corrected chi connectivity index (χ1v) is 9.54. The molecule has 2 aliphatic rings. The van der Waals surface area contributed by atoms with Gasteiger partial charge in [0.25, 0.3) is 0 Å². The third-order valence-electron chi connectivity index (χ3n) is 4.72. The van der Waals surface area contributed by atoms with Crippen molar-refractivity contribution in [3.8, 4) is 0 Å². The van der Waals surface area contributed by atoms with Crippen LogP contribution in [0.1, 0.15) is 23.5 Å². The molecule has 2 fully saturated rings. The number of amides is 1. The fourth-order valence-corrected chi connectivity index (χ4v) is 4.31. The Balaban J connectivity index is 1.62. The van der Waals surface area contributed by atoms with Crippen LogP contribution in [-0.4, -0.2) is 84.6 Å². The second-order valence-corrected chi connectivity index (χ2v) is 8.32. The fraction of sp³-hybridized carbons (Fsp3) is 0.765. The molecule has 3 rings (SSSR count). The second kappa shape index (κ2) is 7.47. The summed E-state index contributed by atoms with van der Waals surface area (Å²) in [6.07, 6.45) is 2.14. The van der Waals surface area contributed by atoms with E-state index in [0.29, 0.717) is 26.2 Å². The van der Waals surface area contributed by atoms with Crippen LogP contribution in [0.2, 0.25) is 0 Å². The number of hydrogen-bond donors (Lipinski definition) is 0. The number of carbonyl (C=O) groups is 1. The Morgan fingerprint density at radius 1 is 1.42 bits per heavy atom. The average molecular weight is 353 g/mol. The van der Waals surface area contributed by atoms with Gasteiger partial charge in [0.2, 0.25) is 5.91 Å². The molecular weight excluding hydrogens is 324 g/mol. The van der Waals surface area contributed by atoms with E-state index in [0.717, 1.165) is 43.2 Å². The molecule has 134 valence electrons. The van der Waals surface area contributed by atoms with E-state index >= 15 is 0 Å². The van der Waals surface area contributed by atoms with Crippen LogP contribution in [0.4, 0.5) is 0 Å². The summed E-state index contributed by atoms with van der Waals surface area (Å²) < 4.78 is 6.20. The number of rotatable bonds is 4. The highest BCUT2D eigenvalue weighted by Crippen LogP contribution is 2.30. The Kier molecular flexibility index (Phi) is 5.54. The number of carbonyl (C=O) groups excluding carboxylic acids is 1. The van der Waals surface area contributed by atoms with Gasteiger partial charge in [-0.15, -0.1) is 11.3 Å². The minimum atomic E-state index is -0.205. The molecule has 0 bridgehead atoms. The van der Waals surface area contributed by atoms with Crippen molar-refractivity contribution >= 4 is 17.2 Å². The Morgan fingerprint density at radius 2 is 2.25 bits per heavy atom. The molecule has 7 heteroatoms. The molecule has 0 radical (unpaired) electrons. The van der Waals surface area contributed by atoms with Gasteiger partial charge >= 0.3 is 0 Å². The van der Waals surface area contributed by atoms with Crippen molar-refractivity contribution in [3.05, 3.63) is 16.1 Å². The molecule has 6 nitrogen and oxygen atoms in total. The summed E-state index contributed by atoms with van der Waals surface area (Å²) in [6.45, 7) is 7.42. The van der Waals surface area contributed by atoms with Gasteiger partial charge in [-0.3, -0.25) is 9.69 Å². The van der Waals surface area contributed by atoms with E-state index in [9.17, 15) is 4.79 Å². The van der Waals surface area contributed by atoms with Crippen LogP contribution in [-0.2, 0) is 16.1 Å². The maximum absolute atomic E-state index is 12.4. The topological polar surface area (TPSA) is 48.9 Å². The van der Waals surface area contributed by atoms with Gasteiger partial charge in [-0.2, -0.15) is 0 Å². The first kappa shape index (κ1) is 17.8. The van der Waals surface area contributed by atoms with Crippen LogP contribution in [0.3, 0.4) is 0 Å². The van der Waals surface area contributed by atoms with Gasteiger partial charge in [-0.05, 0) is 40.4 Å². The Labute approximate surface area is 148 Å². The molecule has 0 saturated carbocycles. The lowest BCUT2D eigenvalue weighted by molar-refractivity contribution is -0.162. The number of morpholine rings is 1. The molecule has 3 heterocycles. The largest absolute Gasteiger partial charge is 0.370 e. The number of nitrogens with zero attached hydrogens (tertiary/aromatic N) is 4. The average Bonchev–Trinajstić information content (AvgIpc) is 2.92. The number of aryl methyl sites for hydroxylation is 1.